The Balaban J connectivity index is 1.86. The molecule has 2 aromatic carbocycles. The summed E-state index contributed by atoms with van der Waals surface area (Å²) in [7, 11) is 0. The summed E-state index contributed by atoms with van der Waals surface area (Å²) in [5.41, 5.74) is 3.69. The van der Waals surface area contributed by atoms with Gasteiger partial charge in [-0.1, -0.05) is 36.4 Å². The van der Waals surface area contributed by atoms with Gasteiger partial charge in [-0.2, -0.15) is 0 Å². The first-order chi connectivity index (χ1) is 11.5. The summed E-state index contributed by atoms with van der Waals surface area (Å²) < 4.78 is 0. The van der Waals surface area contributed by atoms with Gasteiger partial charge in [-0.25, -0.2) is 4.79 Å². The topological polar surface area (TPSA) is 93.6 Å². The summed E-state index contributed by atoms with van der Waals surface area (Å²) in [6.07, 6.45) is 0.492. The lowest BCUT2D eigenvalue weighted by atomic mass is 10.1. The minimum absolute atomic E-state index is 0.514. The van der Waals surface area contributed by atoms with Crippen molar-refractivity contribution >= 4 is 16.9 Å². The lowest BCUT2D eigenvalue weighted by Gasteiger charge is -2.06. The van der Waals surface area contributed by atoms with Crippen molar-refractivity contribution in [2.24, 2.45) is 0 Å². The van der Waals surface area contributed by atoms with Crippen molar-refractivity contribution in [2.75, 3.05) is 0 Å². The van der Waals surface area contributed by atoms with E-state index >= 15 is 0 Å². The van der Waals surface area contributed by atoms with Crippen molar-refractivity contribution in [1.82, 2.24) is 4.98 Å². The number of aromatic amines is 1. The van der Waals surface area contributed by atoms with Gasteiger partial charge in [0.1, 0.15) is 6.10 Å². The van der Waals surface area contributed by atoms with Crippen LogP contribution in [0.15, 0.2) is 66.4 Å². The number of hydrogen-bond donors (Lipinski definition) is 4. The molecule has 122 valence electrons. The van der Waals surface area contributed by atoms with Crippen LogP contribution in [0.3, 0.4) is 0 Å². The van der Waals surface area contributed by atoms with Gasteiger partial charge in [-0.15, -0.1) is 0 Å². The quantitative estimate of drug-likeness (QED) is 0.428. The van der Waals surface area contributed by atoms with Crippen molar-refractivity contribution in [2.45, 2.75) is 12.5 Å². The molecule has 24 heavy (non-hydrogen) atoms. The van der Waals surface area contributed by atoms with E-state index in [-0.39, 0.29) is 0 Å². The zero-order chi connectivity index (χ0) is 17.1. The monoisotopic (exact) mass is 323 g/mol. The van der Waals surface area contributed by atoms with Crippen molar-refractivity contribution in [3.63, 3.8) is 0 Å². The zero-order valence-corrected chi connectivity index (χ0v) is 12.8. The number of aliphatic hydroxyl groups excluding tert-OH is 2. The molecule has 0 saturated heterocycles. The van der Waals surface area contributed by atoms with E-state index in [1.165, 1.54) is 5.56 Å². The molecule has 1 unspecified atom stereocenters. The second-order valence-electron chi connectivity index (χ2n) is 5.61. The second kappa shape index (κ2) is 6.60. The Labute approximate surface area is 138 Å². The lowest BCUT2D eigenvalue weighted by Crippen LogP contribution is -2.02. The van der Waals surface area contributed by atoms with E-state index in [4.69, 9.17) is 5.11 Å². The maximum Gasteiger partial charge on any atom is 0.370 e. The molecule has 0 radical (unpaired) electrons. The van der Waals surface area contributed by atoms with E-state index in [1.54, 1.807) is 12.1 Å². The summed E-state index contributed by atoms with van der Waals surface area (Å²) in [4.78, 5) is 13.9. The van der Waals surface area contributed by atoms with Gasteiger partial charge < -0.3 is 20.3 Å². The number of aromatic nitrogens is 1. The number of carboxylic acid groups (broad SMARTS) is 1. The first kappa shape index (κ1) is 15.8. The molecule has 5 nitrogen and oxygen atoms in total. The molecule has 0 aliphatic rings. The van der Waals surface area contributed by atoms with E-state index in [0.717, 1.165) is 29.1 Å². The molecule has 1 heterocycles. The molecule has 5 heteroatoms. The van der Waals surface area contributed by atoms with Crippen LogP contribution in [0.5, 0.6) is 0 Å². The molecule has 3 rings (SSSR count). The third kappa shape index (κ3) is 3.47. The Morgan fingerprint density at radius 3 is 2.54 bits per heavy atom. The van der Waals surface area contributed by atoms with Crippen LogP contribution in [0, 0.1) is 0 Å². The Morgan fingerprint density at radius 2 is 1.83 bits per heavy atom. The lowest BCUT2D eigenvalue weighted by molar-refractivity contribution is -0.135. The summed E-state index contributed by atoms with van der Waals surface area (Å²) >= 11 is 0. The Hall–Kier alpha value is -3.05. The van der Waals surface area contributed by atoms with Gasteiger partial charge in [0.05, 0.1) is 0 Å². The molecule has 0 aliphatic heterocycles. The van der Waals surface area contributed by atoms with E-state index in [1.807, 2.05) is 30.3 Å². The molecule has 0 bridgehead atoms. The van der Waals surface area contributed by atoms with Crippen molar-refractivity contribution in [3.05, 3.63) is 83.3 Å². The van der Waals surface area contributed by atoms with Gasteiger partial charge in [-0.3, -0.25) is 0 Å². The highest BCUT2D eigenvalue weighted by molar-refractivity contribution is 5.84. The molecule has 0 amide bonds. The number of hydrogen-bond acceptors (Lipinski definition) is 3. The highest BCUT2D eigenvalue weighted by Crippen LogP contribution is 2.23. The number of benzene rings is 2. The minimum atomic E-state index is -1.47. The van der Waals surface area contributed by atoms with Gasteiger partial charge in [-0.05, 0) is 35.4 Å². The maximum absolute atomic E-state index is 10.6. The Kier molecular flexibility index (Phi) is 4.35. The molecule has 1 atom stereocenters. The average Bonchev–Trinajstić information content (AvgIpc) is 2.96. The van der Waals surface area contributed by atoms with Gasteiger partial charge in [0, 0.05) is 23.0 Å². The highest BCUT2D eigenvalue weighted by Gasteiger charge is 2.12. The molecule has 0 saturated carbocycles. The number of rotatable bonds is 5. The SMILES string of the molecule is O=C(O)/C(O)=C\C(O)c1ccc2[nH]c(Cc3ccccc3)cc2c1. The van der Waals surface area contributed by atoms with Crippen LogP contribution in [0.4, 0.5) is 0 Å². The molecular formula is C19H17NO4. The number of nitrogens with one attached hydrogen (secondary N) is 1. The number of aliphatic hydroxyl groups is 2. The molecule has 0 aliphatic carbocycles. The third-order valence-electron chi connectivity index (χ3n) is 3.81. The Morgan fingerprint density at radius 1 is 1.08 bits per heavy atom. The van der Waals surface area contributed by atoms with E-state index in [2.05, 4.69) is 17.1 Å². The third-order valence-corrected chi connectivity index (χ3v) is 3.81. The first-order valence-electron chi connectivity index (χ1n) is 7.50. The van der Waals surface area contributed by atoms with Gasteiger partial charge >= 0.3 is 5.97 Å². The fourth-order valence-corrected chi connectivity index (χ4v) is 2.62. The van der Waals surface area contributed by atoms with E-state index < -0.39 is 17.8 Å². The van der Waals surface area contributed by atoms with Crippen LogP contribution >= 0.6 is 0 Å². The summed E-state index contributed by atoms with van der Waals surface area (Å²) in [5, 5.41) is 28.8. The van der Waals surface area contributed by atoms with Gasteiger partial charge in [0.2, 0.25) is 5.76 Å². The molecule has 4 N–H and O–H groups in total. The number of H-pyrrole nitrogens is 1. The second-order valence-corrected chi connectivity index (χ2v) is 5.61. The van der Waals surface area contributed by atoms with Crippen molar-refractivity contribution in [3.8, 4) is 0 Å². The largest absolute Gasteiger partial charge is 0.502 e. The number of aliphatic carboxylic acids is 1. The van der Waals surface area contributed by atoms with E-state index in [9.17, 15) is 15.0 Å². The number of carbonyl (C=O) groups is 1. The summed E-state index contributed by atoms with van der Waals surface area (Å²) in [6.45, 7) is 0. The van der Waals surface area contributed by atoms with Crippen LogP contribution in [0.1, 0.15) is 22.9 Å². The predicted octanol–water partition coefficient (Wildman–Crippen LogP) is 3.32. The van der Waals surface area contributed by atoms with Crippen LogP contribution in [0.2, 0.25) is 0 Å². The minimum Gasteiger partial charge on any atom is -0.502 e. The maximum atomic E-state index is 10.6. The first-order valence-corrected chi connectivity index (χ1v) is 7.50. The van der Waals surface area contributed by atoms with E-state index in [0.29, 0.717) is 5.56 Å². The molecule has 1 aromatic heterocycles. The van der Waals surface area contributed by atoms with Crippen LogP contribution in [0.25, 0.3) is 10.9 Å². The molecule has 3 aromatic rings. The normalized spacial score (nSPS) is 13.1. The zero-order valence-electron chi connectivity index (χ0n) is 12.8. The fraction of sp³-hybridized carbons (Fsp3) is 0.105. The Bertz CT molecular complexity index is 896. The molecule has 0 fully saturated rings. The van der Waals surface area contributed by atoms with Gasteiger partial charge in [0.25, 0.3) is 0 Å². The molecular weight excluding hydrogens is 306 g/mol. The van der Waals surface area contributed by atoms with Gasteiger partial charge in [0.15, 0.2) is 0 Å². The standard InChI is InChI=1S/C19H17NO4/c21-17(11-18(22)19(23)24)13-6-7-16-14(9-13)10-15(20-16)8-12-4-2-1-3-5-12/h1-7,9-11,17,20-22H,8H2,(H,23,24)/b18-11+. The number of carboxylic acids is 1. The molecule has 0 spiro atoms. The fourth-order valence-electron chi connectivity index (χ4n) is 2.62. The number of fused-ring (bicyclic) bond motifs is 1. The smallest absolute Gasteiger partial charge is 0.370 e. The van der Waals surface area contributed by atoms with Crippen LogP contribution in [-0.4, -0.2) is 26.3 Å². The predicted molar refractivity (Wildman–Crippen MR) is 90.9 cm³/mol. The summed E-state index contributed by atoms with van der Waals surface area (Å²) in [5.74, 6) is -2.34. The van der Waals surface area contributed by atoms with Crippen molar-refractivity contribution < 1.29 is 20.1 Å². The van der Waals surface area contributed by atoms with Crippen LogP contribution < -0.4 is 0 Å². The van der Waals surface area contributed by atoms with Crippen molar-refractivity contribution in [1.29, 1.82) is 0 Å². The summed E-state index contributed by atoms with van der Waals surface area (Å²) in [6, 6.07) is 17.4. The van der Waals surface area contributed by atoms with Crippen LogP contribution in [-0.2, 0) is 11.2 Å². The highest BCUT2D eigenvalue weighted by atomic mass is 16.4. The average molecular weight is 323 g/mol.